The number of hydrogen-bond acceptors (Lipinski definition) is 1. The predicted molar refractivity (Wildman–Crippen MR) is 60.5 cm³/mol. The molecule has 1 saturated carbocycles. The summed E-state index contributed by atoms with van der Waals surface area (Å²) in [4.78, 5) is 0. The molecule has 0 saturated heterocycles. The van der Waals surface area contributed by atoms with Gasteiger partial charge in [-0.05, 0) is 36.9 Å². The van der Waals surface area contributed by atoms with Crippen LogP contribution >= 0.6 is 0 Å². The monoisotopic (exact) mass is 200 g/mol. The fraction of sp³-hybridized carbons (Fsp3) is 1.00. The van der Waals surface area contributed by atoms with Crippen LogP contribution in [-0.4, -0.2) is 14.4 Å². The van der Waals surface area contributed by atoms with Gasteiger partial charge in [0.15, 0.2) is 8.32 Å². The van der Waals surface area contributed by atoms with Crippen molar-refractivity contribution >= 4 is 8.32 Å². The largest absolute Gasteiger partial charge is 0.414 e. The fourth-order valence-corrected chi connectivity index (χ4v) is 2.90. The first-order chi connectivity index (χ1) is 5.72. The van der Waals surface area contributed by atoms with E-state index >= 15 is 0 Å². The Morgan fingerprint density at radius 3 is 1.92 bits per heavy atom. The van der Waals surface area contributed by atoms with Gasteiger partial charge in [0, 0.05) is 6.10 Å². The van der Waals surface area contributed by atoms with Crippen LogP contribution < -0.4 is 0 Å². The lowest BCUT2D eigenvalue weighted by Gasteiger charge is -2.44. The Morgan fingerprint density at radius 2 is 1.62 bits per heavy atom. The molecule has 0 bridgehead atoms. The quantitative estimate of drug-likeness (QED) is 0.616. The van der Waals surface area contributed by atoms with E-state index in [2.05, 4.69) is 40.8 Å². The van der Waals surface area contributed by atoms with Crippen LogP contribution in [0.2, 0.25) is 18.1 Å². The zero-order valence-corrected chi connectivity index (χ0v) is 11.0. The Labute approximate surface area is 84.0 Å². The third-order valence-corrected chi connectivity index (χ3v) is 8.13. The molecule has 0 radical (unpaired) electrons. The van der Waals surface area contributed by atoms with E-state index in [1.54, 1.807) is 0 Å². The molecule has 2 heteroatoms. The molecule has 0 spiro atoms. The average molecular weight is 200 g/mol. The standard InChI is InChI=1S/C11H24OSi/c1-9-7-10(8-9)12-13(5,6)11(2,3)4/h9-10H,7-8H2,1-6H3. The number of hydrogen-bond donors (Lipinski definition) is 0. The summed E-state index contributed by atoms with van der Waals surface area (Å²) in [5.41, 5.74) is 0. The van der Waals surface area contributed by atoms with Gasteiger partial charge in [-0.1, -0.05) is 27.7 Å². The first-order valence-electron chi connectivity index (χ1n) is 5.40. The van der Waals surface area contributed by atoms with Gasteiger partial charge in [-0.2, -0.15) is 0 Å². The molecule has 0 unspecified atom stereocenters. The highest BCUT2D eigenvalue weighted by Gasteiger charge is 2.41. The molecule has 1 fully saturated rings. The van der Waals surface area contributed by atoms with Crippen molar-refractivity contribution in [1.82, 2.24) is 0 Å². The lowest BCUT2D eigenvalue weighted by molar-refractivity contribution is 0.0609. The predicted octanol–water partition coefficient (Wildman–Crippen LogP) is 3.81. The molecule has 1 rings (SSSR count). The highest BCUT2D eigenvalue weighted by atomic mass is 28.4. The Balaban J connectivity index is 2.43. The summed E-state index contributed by atoms with van der Waals surface area (Å²) in [7, 11) is -1.47. The number of rotatable bonds is 2. The van der Waals surface area contributed by atoms with Gasteiger partial charge >= 0.3 is 0 Å². The van der Waals surface area contributed by atoms with E-state index in [0.717, 1.165) is 5.92 Å². The van der Waals surface area contributed by atoms with Crippen LogP contribution in [-0.2, 0) is 4.43 Å². The lowest BCUT2D eigenvalue weighted by atomic mass is 9.84. The lowest BCUT2D eigenvalue weighted by Crippen LogP contribution is -2.47. The second-order valence-electron chi connectivity index (χ2n) is 6.08. The molecule has 0 aromatic carbocycles. The van der Waals surface area contributed by atoms with Gasteiger partial charge in [0.25, 0.3) is 0 Å². The van der Waals surface area contributed by atoms with Crippen molar-refractivity contribution in [2.45, 2.75) is 64.8 Å². The maximum atomic E-state index is 6.25. The first-order valence-corrected chi connectivity index (χ1v) is 8.31. The average Bonchev–Trinajstić information content (AvgIpc) is 1.80. The maximum absolute atomic E-state index is 6.25. The molecule has 78 valence electrons. The Morgan fingerprint density at radius 1 is 1.15 bits per heavy atom. The van der Waals surface area contributed by atoms with Gasteiger partial charge in [0.1, 0.15) is 0 Å². The third kappa shape index (κ3) is 2.56. The minimum Gasteiger partial charge on any atom is -0.414 e. The second-order valence-corrected chi connectivity index (χ2v) is 10.8. The van der Waals surface area contributed by atoms with E-state index in [9.17, 15) is 0 Å². The van der Waals surface area contributed by atoms with Crippen molar-refractivity contribution in [2.24, 2.45) is 5.92 Å². The van der Waals surface area contributed by atoms with Crippen LogP contribution in [0.4, 0.5) is 0 Å². The molecule has 0 N–H and O–H groups in total. The van der Waals surface area contributed by atoms with Crippen molar-refractivity contribution in [1.29, 1.82) is 0 Å². The van der Waals surface area contributed by atoms with Gasteiger partial charge in [0.2, 0.25) is 0 Å². The molecule has 1 aliphatic rings. The van der Waals surface area contributed by atoms with Crippen molar-refractivity contribution in [2.75, 3.05) is 0 Å². The van der Waals surface area contributed by atoms with Gasteiger partial charge < -0.3 is 4.43 Å². The van der Waals surface area contributed by atoms with Crippen molar-refractivity contribution in [3.8, 4) is 0 Å². The summed E-state index contributed by atoms with van der Waals surface area (Å²) in [6.45, 7) is 13.9. The van der Waals surface area contributed by atoms with Gasteiger partial charge in [-0.15, -0.1) is 0 Å². The Hall–Kier alpha value is 0.177. The molecule has 0 aliphatic heterocycles. The van der Waals surface area contributed by atoms with Crippen LogP contribution in [0.25, 0.3) is 0 Å². The van der Waals surface area contributed by atoms with Crippen LogP contribution in [0.3, 0.4) is 0 Å². The normalized spacial score (nSPS) is 30.0. The van der Waals surface area contributed by atoms with E-state index in [0.29, 0.717) is 11.1 Å². The van der Waals surface area contributed by atoms with Crippen LogP contribution in [0, 0.1) is 5.92 Å². The zero-order valence-electron chi connectivity index (χ0n) is 9.98. The van der Waals surface area contributed by atoms with E-state index < -0.39 is 8.32 Å². The molecular formula is C11H24OSi. The topological polar surface area (TPSA) is 9.23 Å². The van der Waals surface area contributed by atoms with Crippen LogP contribution in [0.1, 0.15) is 40.5 Å². The molecule has 0 heterocycles. The van der Waals surface area contributed by atoms with Gasteiger partial charge in [-0.25, -0.2) is 0 Å². The summed E-state index contributed by atoms with van der Waals surface area (Å²) in [5, 5.41) is 0.367. The third-order valence-electron chi connectivity index (χ3n) is 3.60. The molecule has 0 aromatic rings. The molecule has 1 nitrogen and oxygen atoms in total. The van der Waals surface area contributed by atoms with Crippen molar-refractivity contribution < 1.29 is 4.43 Å². The maximum Gasteiger partial charge on any atom is 0.192 e. The van der Waals surface area contributed by atoms with Crippen LogP contribution in [0.5, 0.6) is 0 Å². The minimum atomic E-state index is -1.47. The first kappa shape index (κ1) is 11.3. The SMILES string of the molecule is CC1CC(O[Si](C)(C)C(C)(C)C)C1. The molecule has 0 amide bonds. The molecular weight excluding hydrogens is 176 g/mol. The second kappa shape index (κ2) is 3.39. The summed E-state index contributed by atoms with van der Waals surface area (Å²) in [6.07, 6.45) is 3.15. The van der Waals surface area contributed by atoms with Crippen LogP contribution in [0.15, 0.2) is 0 Å². The summed E-state index contributed by atoms with van der Waals surface area (Å²) >= 11 is 0. The van der Waals surface area contributed by atoms with Gasteiger partial charge in [0.05, 0.1) is 0 Å². The van der Waals surface area contributed by atoms with E-state index in [1.807, 2.05) is 0 Å². The summed E-state index contributed by atoms with van der Waals surface area (Å²) in [5.74, 6) is 0.898. The molecule has 0 aromatic heterocycles. The highest BCUT2D eigenvalue weighted by Crippen LogP contribution is 2.41. The highest BCUT2D eigenvalue weighted by molar-refractivity contribution is 6.74. The molecule has 13 heavy (non-hydrogen) atoms. The Bertz CT molecular complexity index is 175. The summed E-state index contributed by atoms with van der Waals surface area (Å²) in [6, 6.07) is 0. The Kier molecular flexibility index (Phi) is 2.94. The van der Waals surface area contributed by atoms with Gasteiger partial charge in [-0.3, -0.25) is 0 Å². The van der Waals surface area contributed by atoms with E-state index in [1.165, 1.54) is 12.8 Å². The zero-order chi connectivity index (χ0) is 10.3. The smallest absolute Gasteiger partial charge is 0.192 e. The van der Waals surface area contributed by atoms with E-state index in [-0.39, 0.29) is 0 Å². The summed E-state index contributed by atoms with van der Waals surface area (Å²) < 4.78 is 6.25. The minimum absolute atomic E-state index is 0.367. The molecule has 1 aliphatic carbocycles. The van der Waals surface area contributed by atoms with Crippen molar-refractivity contribution in [3.63, 3.8) is 0 Å². The van der Waals surface area contributed by atoms with E-state index in [4.69, 9.17) is 4.43 Å². The van der Waals surface area contributed by atoms with Crippen molar-refractivity contribution in [3.05, 3.63) is 0 Å². The molecule has 0 atom stereocenters. The fourth-order valence-electron chi connectivity index (χ4n) is 1.52.